The van der Waals surface area contributed by atoms with Crippen molar-refractivity contribution in [1.29, 1.82) is 0 Å². The molecule has 0 fully saturated rings. The second kappa shape index (κ2) is 3.72. The van der Waals surface area contributed by atoms with Crippen molar-refractivity contribution < 1.29 is 4.79 Å². The molecule has 0 aliphatic heterocycles. The van der Waals surface area contributed by atoms with Crippen LogP contribution in [0.25, 0.3) is 0 Å². The molecule has 2 heteroatoms. The van der Waals surface area contributed by atoms with Crippen LogP contribution in [0.4, 0.5) is 0 Å². The lowest BCUT2D eigenvalue weighted by molar-refractivity contribution is -0.110. The van der Waals surface area contributed by atoms with Crippen molar-refractivity contribution >= 4 is 17.7 Å². The normalized spacial score (nSPS) is 8.75. The van der Waals surface area contributed by atoms with Gasteiger partial charge in [0, 0.05) is 6.42 Å². The Balaban J connectivity index is 3.18. The van der Waals surface area contributed by atoms with E-state index in [-0.39, 0.29) is 5.12 Å². The number of thiol groups is 1. The summed E-state index contributed by atoms with van der Waals surface area (Å²) in [5.41, 5.74) is 1.03. The van der Waals surface area contributed by atoms with Crippen LogP contribution in [0.1, 0.15) is 19.8 Å². The molecule has 0 N–H and O–H groups in total. The highest BCUT2D eigenvalue weighted by Crippen LogP contribution is 2.01. The first-order chi connectivity index (χ1) is 3.63. The monoisotopic (exact) mass is 130 g/mol. The standard InChI is InChI=1S/C6H10OS/c1-5(2)3-4-6(7)8/h1,3-4H2,2H3,(H,7,8). The molecule has 0 atom stereocenters. The highest BCUT2D eigenvalue weighted by molar-refractivity contribution is 7.96. The van der Waals surface area contributed by atoms with Gasteiger partial charge >= 0.3 is 0 Å². The van der Waals surface area contributed by atoms with E-state index in [0.717, 1.165) is 12.0 Å². The summed E-state index contributed by atoms with van der Waals surface area (Å²) >= 11 is 3.59. The third kappa shape index (κ3) is 5.76. The number of carbonyl (C=O) groups excluding carboxylic acids is 1. The van der Waals surface area contributed by atoms with E-state index >= 15 is 0 Å². The SMILES string of the molecule is C=C(C)CCC(=O)S. The maximum atomic E-state index is 10.2. The van der Waals surface area contributed by atoms with Gasteiger partial charge in [-0.1, -0.05) is 5.57 Å². The molecule has 0 aliphatic carbocycles. The maximum Gasteiger partial charge on any atom is 0.186 e. The fourth-order valence-electron chi connectivity index (χ4n) is 0.320. The molecule has 0 radical (unpaired) electrons. The lowest BCUT2D eigenvalue weighted by Crippen LogP contribution is -1.84. The average molecular weight is 130 g/mol. The van der Waals surface area contributed by atoms with Gasteiger partial charge in [-0.25, -0.2) is 0 Å². The molecule has 0 unspecified atom stereocenters. The van der Waals surface area contributed by atoms with E-state index in [2.05, 4.69) is 19.2 Å². The second-order valence-corrected chi connectivity index (χ2v) is 2.35. The third-order valence-electron chi connectivity index (χ3n) is 0.766. The second-order valence-electron chi connectivity index (χ2n) is 1.85. The molecule has 0 aromatic rings. The van der Waals surface area contributed by atoms with Crippen LogP contribution < -0.4 is 0 Å². The van der Waals surface area contributed by atoms with Gasteiger partial charge in [0.2, 0.25) is 0 Å². The van der Waals surface area contributed by atoms with Crippen molar-refractivity contribution in [3.05, 3.63) is 12.2 Å². The lowest BCUT2D eigenvalue weighted by atomic mass is 10.2. The van der Waals surface area contributed by atoms with Crippen molar-refractivity contribution in [3.63, 3.8) is 0 Å². The van der Waals surface area contributed by atoms with Gasteiger partial charge in [-0.15, -0.1) is 19.2 Å². The summed E-state index contributed by atoms with van der Waals surface area (Å²) in [5.74, 6) is 0. The van der Waals surface area contributed by atoms with Crippen LogP contribution in [0.5, 0.6) is 0 Å². The van der Waals surface area contributed by atoms with Crippen molar-refractivity contribution in [2.45, 2.75) is 19.8 Å². The van der Waals surface area contributed by atoms with E-state index in [4.69, 9.17) is 0 Å². The summed E-state index contributed by atoms with van der Waals surface area (Å²) < 4.78 is 0. The van der Waals surface area contributed by atoms with Gasteiger partial charge in [0.1, 0.15) is 0 Å². The molecule has 0 spiro atoms. The zero-order valence-corrected chi connectivity index (χ0v) is 5.87. The molecule has 0 saturated heterocycles. The van der Waals surface area contributed by atoms with Crippen LogP contribution in [0, 0.1) is 0 Å². The summed E-state index contributed by atoms with van der Waals surface area (Å²) in [5, 5.41) is -0.0620. The Bertz CT molecular complexity index is 93.1. The van der Waals surface area contributed by atoms with Crippen LogP contribution in [0.3, 0.4) is 0 Å². The minimum atomic E-state index is -0.0620. The highest BCUT2D eigenvalue weighted by atomic mass is 32.1. The summed E-state index contributed by atoms with van der Waals surface area (Å²) in [7, 11) is 0. The number of rotatable bonds is 3. The Morgan fingerprint density at radius 2 is 2.12 bits per heavy atom. The van der Waals surface area contributed by atoms with E-state index in [1.807, 2.05) is 6.92 Å². The zero-order valence-electron chi connectivity index (χ0n) is 4.98. The first-order valence-corrected chi connectivity index (χ1v) is 2.94. The Kier molecular flexibility index (Phi) is 3.61. The van der Waals surface area contributed by atoms with Crippen molar-refractivity contribution in [1.82, 2.24) is 0 Å². The van der Waals surface area contributed by atoms with Crippen LogP contribution in [-0.4, -0.2) is 5.12 Å². The van der Waals surface area contributed by atoms with E-state index in [1.165, 1.54) is 0 Å². The van der Waals surface area contributed by atoms with Gasteiger partial charge in [-0.05, 0) is 13.3 Å². The maximum absolute atomic E-state index is 10.2. The van der Waals surface area contributed by atoms with Crippen molar-refractivity contribution in [2.24, 2.45) is 0 Å². The molecule has 0 saturated carbocycles. The van der Waals surface area contributed by atoms with Crippen LogP contribution in [0.2, 0.25) is 0 Å². The molecule has 0 aromatic carbocycles. The number of carbonyl (C=O) groups is 1. The molecule has 46 valence electrons. The molecule has 0 bridgehead atoms. The molecule has 0 heterocycles. The highest BCUT2D eigenvalue weighted by Gasteiger charge is 1.91. The van der Waals surface area contributed by atoms with Gasteiger partial charge in [-0.3, -0.25) is 4.79 Å². The number of hydrogen-bond acceptors (Lipinski definition) is 1. The molecule has 0 amide bonds. The van der Waals surface area contributed by atoms with Gasteiger partial charge in [0.25, 0.3) is 0 Å². The Labute approximate surface area is 55.2 Å². The smallest absolute Gasteiger partial charge is 0.186 e. The van der Waals surface area contributed by atoms with Gasteiger partial charge < -0.3 is 0 Å². The molecule has 0 rings (SSSR count). The summed E-state index contributed by atoms with van der Waals surface area (Å²) in [4.78, 5) is 10.2. The predicted octanol–water partition coefficient (Wildman–Crippen LogP) is 1.80. The lowest BCUT2D eigenvalue weighted by Gasteiger charge is -1.91. The predicted molar refractivity (Wildman–Crippen MR) is 38.0 cm³/mol. The minimum absolute atomic E-state index is 0.0620. The quantitative estimate of drug-likeness (QED) is 0.455. The first kappa shape index (κ1) is 7.76. The van der Waals surface area contributed by atoms with E-state index in [0.29, 0.717) is 6.42 Å². The summed E-state index contributed by atoms with van der Waals surface area (Å²) in [6.45, 7) is 5.54. The van der Waals surface area contributed by atoms with Crippen LogP contribution in [0.15, 0.2) is 12.2 Å². The van der Waals surface area contributed by atoms with Gasteiger partial charge in [0.05, 0.1) is 0 Å². The molecular weight excluding hydrogens is 120 g/mol. The molecule has 0 aliphatic rings. The summed E-state index contributed by atoms with van der Waals surface area (Å²) in [6.07, 6.45) is 1.28. The van der Waals surface area contributed by atoms with Crippen molar-refractivity contribution in [3.8, 4) is 0 Å². The third-order valence-corrected chi connectivity index (χ3v) is 0.989. The Hall–Kier alpha value is -0.240. The largest absolute Gasteiger partial charge is 0.287 e. The number of hydrogen-bond donors (Lipinski definition) is 1. The van der Waals surface area contributed by atoms with Crippen LogP contribution in [-0.2, 0) is 4.79 Å². The first-order valence-electron chi connectivity index (χ1n) is 2.49. The van der Waals surface area contributed by atoms with Crippen molar-refractivity contribution in [2.75, 3.05) is 0 Å². The molecule has 1 nitrogen and oxygen atoms in total. The fourth-order valence-corrected chi connectivity index (χ4v) is 0.432. The van der Waals surface area contributed by atoms with Crippen LogP contribution >= 0.6 is 12.6 Å². The topological polar surface area (TPSA) is 17.1 Å². The van der Waals surface area contributed by atoms with Gasteiger partial charge in [0.15, 0.2) is 5.12 Å². The Morgan fingerprint density at radius 1 is 1.62 bits per heavy atom. The average Bonchev–Trinajstić information content (AvgIpc) is 1.61. The van der Waals surface area contributed by atoms with E-state index in [9.17, 15) is 4.79 Å². The Morgan fingerprint density at radius 3 is 2.25 bits per heavy atom. The molecule has 0 aromatic heterocycles. The zero-order chi connectivity index (χ0) is 6.57. The molecular formula is C6H10OS. The molecule has 8 heavy (non-hydrogen) atoms. The minimum Gasteiger partial charge on any atom is -0.287 e. The fraction of sp³-hybridized carbons (Fsp3) is 0.500. The van der Waals surface area contributed by atoms with E-state index < -0.39 is 0 Å². The number of allylic oxidation sites excluding steroid dienone is 1. The van der Waals surface area contributed by atoms with E-state index in [1.54, 1.807) is 0 Å². The summed E-state index contributed by atoms with van der Waals surface area (Å²) in [6, 6.07) is 0. The van der Waals surface area contributed by atoms with Gasteiger partial charge in [-0.2, -0.15) is 0 Å².